The first-order chi connectivity index (χ1) is 17.7. The van der Waals surface area contributed by atoms with E-state index in [1.807, 2.05) is 0 Å². The van der Waals surface area contributed by atoms with Crippen molar-refractivity contribution in [3.05, 3.63) is 24.3 Å². The molecule has 2 aliphatic carbocycles. The Balaban J connectivity index is 1.75. The van der Waals surface area contributed by atoms with Gasteiger partial charge < -0.3 is 14.6 Å². The molecule has 0 aromatic heterocycles. The largest absolute Gasteiger partial charge is 0.462 e. The third kappa shape index (κ3) is 12.2. The molecule has 5 nitrogen and oxygen atoms in total. The van der Waals surface area contributed by atoms with Crippen LogP contribution in [0.5, 0.6) is 0 Å². The second-order valence-corrected chi connectivity index (χ2v) is 12.1. The maximum Gasteiger partial charge on any atom is 0.333 e. The van der Waals surface area contributed by atoms with Crippen molar-refractivity contribution in [3.8, 4) is 0 Å². The van der Waals surface area contributed by atoms with Gasteiger partial charge in [-0.3, -0.25) is 0 Å². The summed E-state index contributed by atoms with van der Waals surface area (Å²) >= 11 is 0. The number of carbonyl (C=O) groups excluding carboxylic acids is 2. The molecule has 0 saturated heterocycles. The molecule has 0 aromatic rings. The van der Waals surface area contributed by atoms with E-state index in [-0.39, 0.29) is 31.1 Å². The SMILES string of the molecule is C=C(C)C(=O)OCC(CCC1CCC(C2CCC(CCCCC)CC2)CC1)COC(=O)C(=C)CC(C)O. The van der Waals surface area contributed by atoms with Crippen LogP contribution >= 0.6 is 0 Å². The van der Waals surface area contributed by atoms with E-state index in [0.717, 1.165) is 30.6 Å². The van der Waals surface area contributed by atoms with Crippen LogP contribution in [0.1, 0.15) is 117 Å². The summed E-state index contributed by atoms with van der Waals surface area (Å²) in [6, 6.07) is 0. The van der Waals surface area contributed by atoms with Crippen molar-refractivity contribution in [3.63, 3.8) is 0 Å². The molecule has 0 spiro atoms. The molecule has 0 aliphatic heterocycles. The first kappa shape index (κ1) is 31.6. The third-order valence-electron chi connectivity index (χ3n) is 8.73. The molecule has 2 saturated carbocycles. The highest BCUT2D eigenvalue weighted by atomic mass is 16.5. The van der Waals surface area contributed by atoms with Crippen LogP contribution in [0, 0.1) is 29.6 Å². The number of esters is 2. The van der Waals surface area contributed by atoms with Gasteiger partial charge in [0.15, 0.2) is 0 Å². The lowest BCUT2D eigenvalue weighted by molar-refractivity contribution is -0.144. The number of aliphatic hydroxyl groups is 1. The summed E-state index contributed by atoms with van der Waals surface area (Å²) in [4.78, 5) is 24.2. The van der Waals surface area contributed by atoms with Gasteiger partial charge in [-0.2, -0.15) is 0 Å². The van der Waals surface area contributed by atoms with Crippen LogP contribution in [0.25, 0.3) is 0 Å². The van der Waals surface area contributed by atoms with Crippen molar-refractivity contribution in [2.45, 2.75) is 123 Å². The van der Waals surface area contributed by atoms with E-state index in [0.29, 0.717) is 11.5 Å². The average Bonchev–Trinajstić information content (AvgIpc) is 2.88. The van der Waals surface area contributed by atoms with Crippen molar-refractivity contribution in [1.29, 1.82) is 0 Å². The molecule has 0 heterocycles. The van der Waals surface area contributed by atoms with Crippen LogP contribution < -0.4 is 0 Å². The number of ether oxygens (including phenoxy) is 2. The van der Waals surface area contributed by atoms with Crippen molar-refractivity contribution in [2.75, 3.05) is 13.2 Å². The minimum absolute atomic E-state index is 0.0488. The fourth-order valence-electron chi connectivity index (χ4n) is 6.32. The molecule has 5 heteroatoms. The lowest BCUT2D eigenvalue weighted by atomic mass is 9.68. The number of rotatable bonds is 16. The van der Waals surface area contributed by atoms with Gasteiger partial charge in [0.05, 0.1) is 19.3 Å². The molecule has 2 rings (SSSR count). The quantitative estimate of drug-likeness (QED) is 0.130. The molecule has 37 heavy (non-hydrogen) atoms. The molecule has 212 valence electrons. The lowest BCUT2D eigenvalue weighted by Crippen LogP contribution is -2.27. The van der Waals surface area contributed by atoms with E-state index in [4.69, 9.17) is 9.47 Å². The number of aliphatic hydroxyl groups excluding tert-OH is 1. The maximum atomic E-state index is 12.3. The minimum atomic E-state index is -0.636. The molecule has 0 amide bonds. The minimum Gasteiger partial charge on any atom is -0.462 e. The van der Waals surface area contributed by atoms with E-state index in [2.05, 4.69) is 20.1 Å². The lowest BCUT2D eigenvalue weighted by Gasteiger charge is -2.38. The van der Waals surface area contributed by atoms with E-state index in [1.165, 1.54) is 77.0 Å². The van der Waals surface area contributed by atoms with E-state index in [9.17, 15) is 14.7 Å². The Morgan fingerprint density at radius 3 is 1.84 bits per heavy atom. The Morgan fingerprint density at radius 1 is 0.838 bits per heavy atom. The Kier molecular flexibility index (Phi) is 14.6. The van der Waals surface area contributed by atoms with Crippen molar-refractivity contribution in [2.24, 2.45) is 29.6 Å². The van der Waals surface area contributed by atoms with Crippen molar-refractivity contribution >= 4 is 11.9 Å². The topological polar surface area (TPSA) is 72.8 Å². The molecule has 0 radical (unpaired) electrons. The van der Waals surface area contributed by atoms with Crippen LogP contribution in [-0.4, -0.2) is 36.4 Å². The van der Waals surface area contributed by atoms with E-state index in [1.54, 1.807) is 13.8 Å². The van der Waals surface area contributed by atoms with E-state index < -0.39 is 18.0 Å². The molecular formula is C32H54O5. The number of unbranched alkanes of at least 4 members (excludes halogenated alkanes) is 2. The van der Waals surface area contributed by atoms with Gasteiger partial charge in [-0.1, -0.05) is 71.4 Å². The predicted octanol–water partition coefficient (Wildman–Crippen LogP) is 7.57. The maximum absolute atomic E-state index is 12.3. The fourth-order valence-corrected chi connectivity index (χ4v) is 6.32. The van der Waals surface area contributed by atoms with Crippen LogP contribution in [0.2, 0.25) is 0 Å². The van der Waals surface area contributed by atoms with Gasteiger partial charge in [0.2, 0.25) is 0 Å². The zero-order valence-corrected chi connectivity index (χ0v) is 24.0. The van der Waals surface area contributed by atoms with Crippen LogP contribution in [0.4, 0.5) is 0 Å². The van der Waals surface area contributed by atoms with Crippen molar-refractivity contribution < 1.29 is 24.2 Å². The average molecular weight is 519 g/mol. The second-order valence-electron chi connectivity index (χ2n) is 12.1. The number of hydrogen-bond donors (Lipinski definition) is 1. The zero-order valence-electron chi connectivity index (χ0n) is 24.0. The highest BCUT2D eigenvalue weighted by molar-refractivity contribution is 5.88. The summed E-state index contributed by atoms with van der Waals surface area (Å²) in [7, 11) is 0. The summed E-state index contributed by atoms with van der Waals surface area (Å²) in [5.74, 6) is 2.57. The highest BCUT2D eigenvalue weighted by Gasteiger charge is 2.31. The van der Waals surface area contributed by atoms with Crippen LogP contribution in [0.15, 0.2) is 24.3 Å². The Hall–Kier alpha value is -1.62. The first-order valence-corrected chi connectivity index (χ1v) is 15.0. The van der Waals surface area contributed by atoms with Gasteiger partial charge in [0.1, 0.15) is 0 Å². The van der Waals surface area contributed by atoms with E-state index >= 15 is 0 Å². The van der Waals surface area contributed by atoms with Gasteiger partial charge in [-0.25, -0.2) is 9.59 Å². The summed E-state index contributed by atoms with van der Waals surface area (Å²) in [6.07, 6.45) is 18.1. The van der Waals surface area contributed by atoms with Crippen molar-refractivity contribution in [1.82, 2.24) is 0 Å². The zero-order chi connectivity index (χ0) is 27.2. The van der Waals surface area contributed by atoms with Gasteiger partial charge in [0.25, 0.3) is 0 Å². The summed E-state index contributed by atoms with van der Waals surface area (Å²) in [5, 5.41) is 9.49. The van der Waals surface area contributed by atoms with Gasteiger partial charge >= 0.3 is 11.9 Å². The molecule has 2 fully saturated rings. The molecule has 1 N–H and O–H groups in total. The standard InChI is InChI=1S/C32H54O5/c1-6-7-8-9-26-12-16-29(17-13-26)30-18-14-27(15-19-30)10-11-28(21-36-31(34)23(2)3)22-37-32(35)24(4)20-25(5)33/h25-30,33H,2,4,6-22H2,1,3,5H3. The van der Waals surface area contributed by atoms with Gasteiger partial charge in [-0.15, -0.1) is 0 Å². The second kappa shape index (κ2) is 17.1. The molecule has 0 aromatic carbocycles. The third-order valence-corrected chi connectivity index (χ3v) is 8.73. The monoisotopic (exact) mass is 518 g/mol. The molecule has 2 atom stereocenters. The van der Waals surface area contributed by atoms with Crippen LogP contribution in [0.3, 0.4) is 0 Å². The predicted molar refractivity (Wildman–Crippen MR) is 150 cm³/mol. The summed E-state index contributed by atoms with van der Waals surface area (Å²) in [6.45, 7) is 13.3. The first-order valence-electron chi connectivity index (χ1n) is 15.0. The van der Waals surface area contributed by atoms with Gasteiger partial charge in [-0.05, 0) is 76.0 Å². The normalized spacial score (nSPS) is 25.6. The van der Waals surface area contributed by atoms with Gasteiger partial charge in [0, 0.05) is 23.5 Å². The highest BCUT2D eigenvalue weighted by Crippen LogP contribution is 2.43. The molecule has 0 bridgehead atoms. The Morgan fingerprint density at radius 2 is 1.35 bits per heavy atom. The smallest absolute Gasteiger partial charge is 0.333 e. The molecule has 2 unspecified atom stereocenters. The number of hydrogen-bond acceptors (Lipinski definition) is 5. The summed E-state index contributed by atoms with van der Waals surface area (Å²) in [5.41, 5.74) is 0.635. The fraction of sp³-hybridized carbons (Fsp3) is 0.812. The van der Waals surface area contributed by atoms with Crippen LogP contribution in [-0.2, 0) is 19.1 Å². The molecule has 2 aliphatic rings. The Labute approximate surface area is 226 Å². The summed E-state index contributed by atoms with van der Waals surface area (Å²) < 4.78 is 10.9. The Bertz CT molecular complexity index is 711. The molecular weight excluding hydrogens is 464 g/mol. The number of carbonyl (C=O) groups is 2.